The van der Waals surface area contributed by atoms with E-state index in [1.807, 2.05) is 0 Å². The Bertz CT molecular complexity index is 693. The van der Waals surface area contributed by atoms with Crippen LogP contribution in [0.3, 0.4) is 0 Å². The third kappa shape index (κ3) is 3.95. The zero-order valence-electron chi connectivity index (χ0n) is 10.7. The molecule has 2 rings (SSSR count). The molecule has 4 nitrogen and oxygen atoms in total. The van der Waals surface area contributed by atoms with Crippen molar-refractivity contribution < 1.29 is 22.7 Å². The highest BCUT2D eigenvalue weighted by Crippen LogP contribution is 2.33. The van der Waals surface area contributed by atoms with E-state index in [2.05, 4.69) is 25.9 Å². The molecule has 22 heavy (non-hydrogen) atoms. The van der Waals surface area contributed by atoms with Crippen LogP contribution >= 0.6 is 27.5 Å². The molecule has 0 amide bonds. The van der Waals surface area contributed by atoms with Crippen molar-refractivity contribution in [1.82, 2.24) is 9.97 Å². The SMILES string of the molecule is O=C(CCl)c1ccc(Oc2ccc(Br)nc2)nc1C(F)(F)F. The number of hydrogen-bond acceptors (Lipinski definition) is 4. The second kappa shape index (κ2) is 6.62. The number of halogens is 5. The van der Waals surface area contributed by atoms with E-state index in [0.29, 0.717) is 4.60 Å². The monoisotopic (exact) mass is 394 g/mol. The molecule has 0 aromatic carbocycles. The van der Waals surface area contributed by atoms with E-state index >= 15 is 0 Å². The lowest BCUT2D eigenvalue weighted by Gasteiger charge is -2.12. The number of Topliss-reactive ketones (excluding diaryl/α,β-unsaturated/α-hetero) is 1. The average molecular weight is 396 g/mol. The second-order valence-corrected chi connectivity index (χ2v) is 5.10. The third-order valence-corrected chi connectivity index (χ3v) is 3.19. The zero-order chi connectivity index (χ0) is 16.3. The maximum atomic E-state index is 13.0. The normalized spacial score (nSPS) is 11.3. The average Bonchev–Trinajstić information content (AvgIpc) is 2.48. The van der Waals surface area contributed by atoms with Gasteiger partial charge in [0.15, 0.2) is 11.5 Å². The largest absolute Gasteiger partial charge is 0.437 e. The molecule has 0 aliphatic rings. The van der Waals surface area contributed by atoms with Crippen LogP contribution in [0.5, 0.6) is 11.6 Å². The fourth-order valence-electron chi connectivity index (χ4n) is 1.55. The highest BCUT2D eigenvalue weighted by molar-refractivity contribution is 9.10. The van der Waals surface area contributed by atoms with Crippen LogP contribution in [0.4, 0.5) is 13.2 Å². The minimum atomic E-state index is -4.80. The summed E-state index contributed by atoms with van der Waals surface area (Å²) in [6, 6.07) is 5.22. The molecule has 0 spiro atoms. The van der Waals surface area contributed by atoms with Crippen molar-refractivity contribution in [2.75, 3.05) is 5.88 Å². The van der Waals surface area contributed by atoms with Crippen molar-refractivity contribution in [2.45, 2.75) is 6.18 Å². The van der Waals surface area contributed by atoms with E-state index in [4.69, 9.17) is 16.3 Å². The maximum absolute atomic E-state index is 13.0. The molecule has 0 fully saturated rings. The van der Waals surface area contributed by atoms with Gasteiger partial charge < -0.3 is 4.74 Å². The molecule has 0 saturated heterocycles. The van der Waals surface area contributed by atoms with Gasteiger partial charge in [-0.1, -0.05) is 0 Å². The Hall–Kier alpha value is -1.67. The van der Waals surface area contributed by atoms with Crippen LogP contribution in [0, 0.1) is 0 Å². The fourth-order valence-corrected chi connectivity index (χ4v) is 1.93. The number of carbonyl (C=O) groups is 1. The number of pyridine rings is 2. The first kappa shape index (κ1) is 16.7. The maximum Gasteiger partial charge on any atom is 0.434 e. The molecule has 2 aromatic rings. The molecule has 2 heterocycles. The minimum absolute atomic E-state index is 0.209. The molecule has 0 aliphatic heterocycles. The van der Waals surface area contributed by atoms with E-state index in [-0.39, 0.29) is 11.6 Å². The second-order valence-electron chi connectivity index (χ2n) is 4.02. The molecule has 0 radical (unpaired) electrons. The van der Waals surface area contributed by atoms with Crippen LogP contribution in [0.1, 0.15) is 16.1 Å². The Morgan fingerprint density at radius 3 is 2.55 bits per heavy atom. The number of hydrogen-bond donors (Lipinski definition) is 0. The van der Waals surface area contributed by atoms with Crippen molar-refractivity contribution in [3.05, 3.63) is 46.3 Å². The highest BCUT2D eigenvalue weighted by Gasteiger charge is 2.37. The van der Waals surface area contributed by atoms with E-state index in [1.165, 1.54) is 12.3 Å². The van der Waals surface area contributed by atoms with Crippen molar-refractivity contribution in [3.63, 3.8) is 0 Å². The van der Waals surface area contributed by atoms with Gasteiger partial charge in [-0.25, -0.2) is 9.97 Å². The number of ether oxygens (including phenoxy) is 1. The zero-order valence-corrected chi connectivity index (χ0v) is 13.0. The molecule has 0 aliphatic carbocycles. The van der Waals surface area contributed by atoms with E-state index in [1.54, 1.807) is 6.07 Å². The van der Waals surface area contributed by atoms with Gasteiger partial charge in [-0.15, -0.1) is 11.6 Å². The van der Waals surface area contributed by atoms with Gasteiger partial charge in [-0.2, -0.15) is 13.2 Å². The number of carbonyl (C=O) groups excluding carboxylic acids is 1. The van der Waals surface area contributed by atoms with E-state index in [0.717, 1.165) is 12.1 Å². The molecular formula is C13H7BrClF3N2O2. The summed E-state index contributed by atoms with van der Waals surface area (Å²) >= 11 is 8.43. The van der Waals surface area contributed by atoms with Crippen LogP contribution in [0.25, 0.3) is 0 Å². The standard InChI is InChI=1S/C13H7BrClF3N2O2/c14-10-3-1-7(6-19-10)22-11-4-2-8(9(21)5-15)12(20-11)13(16,17)18/h1-4,6H,5H2. The number of ketones is 1. The number of rotatable bonds is 4. The molecule has 0 unspecified atom stereocenters. The molecule has 2 aromatic heterocycles. The third-order valence-electron chi connectivity index (χ3n) is 2.48. The molecule has 116 valence electrons. The lowest BCUT2D eigenvalue weighted by Crippen LogP contribution is -2.16. The Morgan fingerprint density at radius 2 is 2.00 bits per heavy atom. The van der Waals surface area contributed by atoms with Crippen LogP contribution in [-0.2, 0) is 6.18 Å². The van der Waals surface area contributed by atoms with Gasteiger partial charge in [0.05, 0.1) is 12.1 Å². The lowest BCUT2D eigenvalue weighted by atomic mass is 10.1. The predicted octanol–water partition coefficient (Wildman–Crippen LogP) is 4.47. The highest BCUT2D eigenvalue weighted by atomic mass is 79.9. The van der Waals surface area contributed by atoms with Crippen LogP contribution in [0.15, 0.2) is 35.1 Å². The summed E-state index contributed by atoms with van der Waals surface area (Å²) in [5, 5.41) is 0. The molecule has 0 atom stereocenters. The minimum Gasteiger partial charge on any atom is -0.437 e. The summed E-state index contributed by atoms with van der Waals surface area (Å²) in [6.07, 6.45) is -3.48. The first-order chi connectivity index (χ1) is 10.3. The van der Waals surface area contributed by atoms with Gasteiger partial charge in [-0.05, 0) is 34.1 Å². The Labute approximate surface area is 136 Å². The van der Waals surface area contributed by atoms with Gasteiger partial charge in [0.1, 0.15) is 10.4 Å². The molecular weight excluding hydrogens is 389 g/mol. The quantitative estimate of drug-likeness (QED) is 0.435. The van der Waals surface area contributed by atoms with Gasteiger partial charge in [-0.3, -0.25) is 4.79 Å². The lowest BCUT2D eigenvalue weighted by molar-refractivity contribution is -0.141. The molecule has 0 N–H and O–H groups in total. The smallest absolute Gasteiger partial charge is 0.434 e. The molecule has 0 saturated carbocycles. The van der Waals surface area contributed by atoms with Gasteiger partial charge >= 0.3 is 6.18 Å². The topological polar surface area (TPSA) is 52.1 Å². The van der Waals surface area contributed by atoms with Crippen LogP contribution in [-0.4, -0.2) is 21.6 Å². The van der Waals surface area contributed by atoms with Gasteiger partial charge in [0, 0.05) is 11.6 Å². The summed E-state index contributed by atoms with van der Waals surface area (Å²) in [7, 11) is 0. The van der Waals surface area contributed by atoms with E-state index < -0.39 is 29.1 Å². The molecule has 9 heteroatoms. The Morgan fingerprint density at radius 1 is 1.27 bits per heavy atom. The first-order valence-corrected chi connectivity index (χ1v) is 7.11. The number of alkyl halides is 4. The van der Waals surface area contributed by atoms with Crippen molar-refractivity contribution in [3.8, 4) is 11.6 Å². The van der Waals surface area contributed by atoms with Crippen molar-refractivity contribution in [1.29, 1.82) is 0 Å². The van der Waals surface area contributed by atoms with Crippen LogP contribution in [0.2, 0.25) is 0 Å². The van der Waals surface area contributed by atoms with E-state index in [9.17, 15) is 18.0 Å². The van der Waals surface area contributed by atoms with Crippen LogP contribution < -0.4 is 4.74 Å². The number of aromatic nitrogens is 2. The Kier molecular flexibility index (Phi) is 5.02. The Balaban J connectivity index is 2.38. The summed E-state index contributed by atoms with van der Waals surface area (Å²) < 4.78 is 44.7. The van der Waals surface area contributed by atoms with Crippen molar-refractivity contribution >= 4 is 33.3 Å². The first-order valence-electron chi connectivity index (χ1n) is 5.78. The predicted molar refractivity (Wildman–Crippen MR) is 76.3 cm³/mol. The summed E-state index contributed by atoms with van der Waals surface area (Å²) in [6.45, 7) is 0. The summed E-state index contributed by atoms with van der Waals surface area (Å²) in [5.74, 6) is -1.53. The summed E-state index contributed by atoms with van der Waals surface area (Å²) in [5.41, 5.74) is -1.93. The number of nitrogens with zero attached hydrogens (tertiary/aromatic N) is 2. The van der Waals surface area contributed by atoms with Crippen molar-refractivity contribution in [2.24, 2.45) is 0 Å². The van der Waals surface area contributed by atoms with Gasteiger partial charge in [0.2, 0.25) is 5.88 Å². The fraction of sp³-hybridized carbons (Fsp3) is 0.154. The van der Waals surface area contributed by atoms with Gasteiger partial charge in [0.25, 0.3) is 0 Å². The molecule has 0 bridgehead atoms. The summed E-state index contributed by atoms with van der Waals surface area (Å²) in [4.78, 5) is 18.7.